The minimum absolute atomic E-state index is 0.237. The molecule has 1 N–H and O–H groups in total. The van der Waals surface area contributed by atoms with Crippen molar-refractivity contribution < 1.29 is 9.59 Å². The van der Waals surface area contributed by atoms with Gasteiger partial charge in [-0.3, -0.25) is 9.59 Å². The quantitative estimate of drug-likeness (QED) is 0.295. The molecule has 0 unspecified atom stereocenters. The number of unbranched alkanes of at least 4 members (excludes halogenated alkanes) is 11. The van der Waals surface area contributed by atoms with Crippen molar-refractivity contribution in [1.29, 1.82) is 0 Å². The second kappa shape index (κ2) is 16.3. The smallest absolute Gasteiger partial charge is 0.287 e. The zero-order valence-corrected chi connectivity index (χ0v) is 17.2. The SMILES string of the molecule is CCCCCCCCCCCCCCC(=O)C(=O)NCCN1CCCC1. The van der Waals surface area contributed by atoms with Crippen molar-refractivity contribution in [2.24, 2.45) is 0 Å². The van der Waals surface area contributed by atoms with E-state index in [1.165, 1.54) is 77.0 Å². The van der Waals surface area contributed by atoms with E-state index < -0.39 is 0 Å². The Balaban J connectivity index is 1.83. The summed E-state index contributed by atoms with van der Waals surface area (Å²) < 4.78 is 0. The number of carbonyl (C=O) groups is 2. The van der Waals surface area contributed by atoms with Gasteiger partial charge in [-0.15, -0.1) is 0 Å². The van der Waals surface area contributed by atoms with Crippen LogP contribution in [0.4, 0.5) is 0 Å². The summed E-state index contributed by atoms with van der Waals surface area (Å²) >= 11 is 0. The van der Waals surface area contributed by atoms with Gasteiger partial charge in [-0.25, -0.2) is 0 Å². The van der Waals surface area contributed by atoms with Crippen LogP contribution in [0.2, 0.25) is 0 Å². The van der Waals surface area contributed by atoms with Gasteiger partial charge in [-0.2, -0.15) is 0 Å². The Bertz CT molecular complexity index is 365. The van der Waals surface area contributed by atoms with Crippen molar-refractivity contribution in [3.05, 3.63) is 0 Å². The molecule has 1 rings (SSSR count). The van der Waals surface area contributed by atoms with Crippen molar-refractivity contribution in [2.75, 3.05) is 26.2 Å². The van der Waals surface area contributed by atoms with Crippen LogP contribution in [0.3, 0.4) is 0 Å². The van der Waals surface area contributed by atoms with Crippen molar-refractivity contribution >= 4 is 11.7 Å². The lowest BCUT2D eigenvalue weighted by Crippen LogP contribution is -2.37. The van der Waals surface area contributed by atoms with Crippen LogP contribution >= 0.6 is 0 Å². The largest absolute Gasteiger partial charge is 0.348 e. The molecule has 4 nitrogen and oxygen atoms in total. The minimum atomic E-state index is -0.382. The van der Waals surface area contributed by atoms with Crippen LogP contribution < -0.4 is 5.32 Å². The molecule has 152 valence electrons. The Hall–Kier alpha value is -0.900. The van der Waals surface area contributed by atoms with Gasteiger partial charge < -0.3 is 10.2 Å². The molecule has 1 saturated heterocycles. The maximum Gasteiger partial charge on any atom is 0.287 e. The number of hydrogen-bond acceptors (Lipinski definition) is 3. The van der Waals surface area contributed by atoms with Gasteiger partial charge in [-0.05, 0) is 32.4 Å². The first-order valence-corrected chi connectivity index (χ1v) is 11.3. The molecular weight excluding hydrogens is 324 g/mol. The van der Waals surface area contributed by atoms with E-state index in [0.29, 0.717) is 13.0 Å². The van der Waals surface area contributed by atoms with Gasteiger partial charge in [0.25, 0.3) is 5.91 Å². The highest BCUT2D eigenvalue weighted by atomic mass is 16.2. The topological polar surface area (TPSA) is 49.4 Å². The Labute approximate surface area is 161 Å². The number of rotatable bonds is 17. The number of nitrogens with zero attached hydrogens (tertiary/aromatic N) is 1. The molecule has 0 saturated carbocycles. The molecule has 0 aromatic carbocycles. The maximum absolute atomic E-state index is 11.8. The predicted octanol–water partition coefficient (Wildman–Crippen LogP) is 4.86. The summed E-state index contributed by atoms with van der Waals surface area (Å²) in [4.78, 5) is 25.9. The number of nitrogens with one attached hydrogen (secondary N) is 1. The number of likely N-dealkylation sites (tertiary alicyclic amines) is 1. The second-order valence-electron chi connectivity index (χ2n) is 7.87. The molecule has 0 radical (unpaired) electrons. The lowest BCUT2D eigenvalue weighted by Gasteiger charge is -2.14. The molecule has 1 aliphatic rings. The van der Waals surface area contributed by atoms with Gasteiger partial charge in [0.2, 0.25) is 5.78 Å². The highest BCUT2D eigenvalue weighted by molar-refractivity contribution is 6.36. The molecule has 0 aromatic heterocycles. The van der Waals surface area contributed by atoms with E-state index >= 15 is 0 Å². The summed E-state index contributed by atoms with van der Waals surface area (Å²) in [5, 5.41) is 2.77. The average molecular weight is 367 g/mol. The van der Waals surface area contributed by atoms with Gasteiger partial charge in [0, 0.05) is 19.5 Å². The van der Waals surface area contributed by atoms with Gasteiger partial charge in [0.1, 0.15) is 0 Å². The first-order chi connectivity index (χ1) is 12.7. The van der Waals surface area contributed by atoms with E-state index in [2.05, 4.69) is 17.1 Å². The third-order valence-corrected chi connectivity index (χ3v) is 5.42. The van der Waals surface area contributed by atoms with Crippen LogP contribution in [0.15, 0.2) is 0 Å². The first-order valence-electron chi connectivity index (χ1n) is 11.3. The van der Waals surface area contributed by atoms with E-state index in [4.69, 9.17) is 0 Å². The molecule has 26 heavy (non-hydrogen) atoms. The summed E-state index contributed by atoms with van der Waals surface area (Å²) in [5.41, 5.74) is 0. The molecular formula is C22H42N2O2. The van der Waals surface area contributed by atoms with Crippen LogP contribution in [0.5, 0.6) is 0 Å². The van der Waals surface area contributed by atoms with Crippen molar-refractivity contribution in [3.8, 4) is 0 Å². The van der Waals surface area contributed by atoms with E-state index in [0.717, 1.165) is 32.5 Å². The molecule has 1 heterocycles. The Kier molecular flexibility index (Phi) is 14.5. The van der Waals surface area contributed by atoms with Crippen LogP contribution in [0.1, 0.15) is 103 Å². The molecule has 1 amide bonds. The zero-order valence-electron chi connectivity index (χ0n) is 17.2. The standard InChI is InChI=1S/C22H42N2O2/c1-2-3-4-5-6-7-8-9-10-11-12-13-16-21(25)22(26)23-17-20-24-18-14-15-19-24/h2-20H2,1H3,(H,23,26). The van der Waals surface area contributed by atoms with E-state index in [9.17, 15) is 9.59 Å². The number of hydrogen-bond donors (Lipinski definition) is 1. The Morgan fingerprint density at radius 3 is 1.81 bits per heavy atom. The van der Waals surface area contributed by atoms with E-state index in [1.807, 2.05) is 0 Å². The van der Waals surface area contributed by atoms with Crippen LogP contribution in [-0.4, -0.2) is 42.8 Å². The van der Waals surface area contributed by atoms with Gasteiger partial charge in [0.05, 0.1) is 0 Å². The van der Waals surface area contributed by atoms with Crippen molar-refractivity contribution in [2.45, 2.75) is 103 Å². The van der Waals surface area contributed by atoms with Gasteiger partial charge >= 0.3 is 0 Å². The fourth-order valence-electron chi connectivity index (χ4n) is 3.67. The third-order valence-electron chi connectivity index (χ3n) is 5.42. The lowest BCUT2D eigenvalue weighted by molar-refractivity contribution is -0.138. The summed E-state index contributed by atoms with van der Waals surface area (Å²) in [6.45, 7) is 5.99. The molecule has 0 spiro atoms. The highest BCUT2D eigenvalue weighted by Gasteiger charge is 2.14. The van der Waals surface area contributed by atoms with Crippen LogP contribution in [0, 0.1) is 0 Å². The molecule has 0 aromatic rings. The van der Waals surface area contributed by atoms with Crippen LogP contribution in [0.25, 0.3) is 0 Å². The predicted molar refractivity (Wildman–Crippen MR) is 109 cm³/mol. The minimum Gasteiger partial charge on any atom is -0.348 e. The van der Waals surface area contributed by atoms with Crippen molar-refractivity contribution in [3.63, 3.8) is 0 Å². The Morgan fingerprint density at radius 2 is 1.27 bits per heavy atom. The Morgan fingerprint density at radius 1 is 0.769 bits per heavy atom. The summed E-state index contributed by atoms with van der Waals surface area (Å²) in [6.07, 6.45) is 18.3. The molecule has 0 aliphatic carbocycles. The third kappa shape index (κ3) is 12.5. The maximum atomic E-state index is 11.8. The fraction of sp³-hybridized carbons (Fsp3) is 0.909. The fourth-order valence-corrected chi connectivity index (χ4v) is 3.67. The number of amides is 1. The van der Waals surface area contributed by atoms with E-state index in [-0.39, 0.29) is 11.7 Å². The molecule has 0 bridgehead atoms. The second-order valence-corrected chi connectivity index (χ2v) is 7.87. The summed E-state index contributed by atoms with van der Waals surface area (Å²) in [7, 11) is 0. The molecule has 0 atom stereocenters. The average Bonchev–Trinajstić information content (AvgIpc) is 3.15. The normalized spacial score (nSPS) is 14.7. The van der Waals surface area contributed by atoms with Gasteiger partial charge in [0.15, 0.2) is 0 Å². The highest BCUT2D eigenvalue weighted by Crippen LogP contribution is 2.12. The lowest BCUT2D eigenvalue weighted by atomic mass is 10.0. The first kappa shape index (κ1) is 23.1. The summed E-state index contributed by atoms with van der Waals surface area (Å²) in [6, 6.07) is 0. The molecule has 1 aliphatic heterocycles. The van der Waals surface area contributed by atoms with Crippen molar-refractivity contribution in [1.82, 2.24) is 10.2 Å². The van der Waals surface area contributed by atoms with Gasteiger partial charge in [-0.1, -0.05) is 77.6 Å². The van der Waals surface area contributed by atoms with Crippen LogP contribution in [-0.2, 0) is 9.59 Å². The zero-order chi connectivity index (χ0) is 18.9. The number of Topliss-reactive ketones (excluding diaryl/α,β-unsaturated/α-hetero) is 1. The van der Waals surface area contributed by atoms with E-state index in [1.54, 1.807) is 0 Å². The molecule has 1 fully saturated rings. The summed E-state index contributed by atoms with van der Waals surface area (Å²) in [5.74, 6) is -0.620. The monoisotopic (exact) mass is 366 g/mol. The molecule has 4 heteroatoms. The number of carbonyl (C=O) groups excluding carboxylic acids is 2. The number of ketones is 1.